The Morgan fingerprint density at radius 3 is 2.33 bits per heavy atom. The second-order valence-electron chi connectivity index (χ2n) is 3.95. The van der Waals surface area contributed by atoms with Crippen molar-refractivity contribution in [2.45, 2.75) is 25.1 Å². The van der Waals surface area contributed by atoms with Crippen molar-refractivity contribution in [3.05, 3.63) is 12.2 Å². The van der Waals surface area contributed by atoms with Gasteiger partial charge in [-0.2, -0.15) is 13.2 Å². The van der Waals surface area contributed by atoms with Crippen molar-refractivity contribution >= 4 is 12.0 Å². The van der Waals surface area contributed by atoms with Crippen molar-refractivity contribution in [2.75, 3.05) is 13.1 Å². The molecule has 18 heavy (non-hydrogen) atoms. The second-order valence-corrected chi connectivity index (χ2v) is 3.95. The van der Waals surface area contributed by atoms with Crippen LogP contribution in [0.3, 0.4) is 0 Å². The molecule has 0 saturated carbocycles. The summed E-state index contributed by atoms with van der Waals surface area (Å²) < 4.78 is 36.6. The Bertz CT molecular complexity index is 347. The molecule has 0 atom stereocenters. The number of hydrogen-bond donors (Lipinski definition) is 2. The molecule has 0 bridgehead atoms. The summed E-state index contributed by atoms with van der Waals surface area (Å²) in [5.41, 5.74) is 0. The fraction of sp³-hybridized carbons (Fsp3) is 0.600. The van der Waals surface area contributed by atoms with Gasteiger partial charge in [-0.15, -0.1) is 0 Å². The summed E-state index contributed by atoms with van der Waals surface area (Å²) in [4.78, 5) is 22.2. The number of carbonyl (C=O) groups excluding carboxylic acids is 1. The first-order chi connectivity index (χ1) is 8.28. The maximum absolute atomic E-state index is 12.2. The van der Waals surface area contributed by atoms with Gasteiger partial charge in [0.25, 0.3) is 0 Å². The molecule has 1 aliphatic rings. The van der Waals surface area contributed by atoms with Crippen LogP contribution in [0.1, 0.15) is 12.8 Å². The number of carboxylic acids is 1. The van der Waals surface area contributed by atoms with Crippen LogP contribution in [0.2, 0.25) is 0 Å². The number of nitrogens with zero attached hydrogens (tertiary/aromatic N) is 1. The lowest BCUT2D eigenvalue weighted by Crippen LogP contribution is -2.49. The number of hydrogen-bond acceptors (Lipinski definition) is 2. The maximum atomic E-state index is 12.2. The van der Waals surface area contributed by atoms with Gasteiger partial charge in [-0.3, -0.25) is 4.79 Å². The highest BCUT2D eigenvalue weighted by molar-refractivity contribution is 5.80. The third-order valence-electron chi connectivity index (χ3n) is 2.32. The quantitative estimate of drug-likeness (QED) is 0.755. The number of rotatable bonds is 4. The van der Waals surface area contributed by atoms with Gasteiger partial charge in [-0.05, 0) is 12.8 Å². The zero-order valence-electron chi connectivity index (χ0n) is 9.41. The molecule has 0 spiro atoms. The third kappa shape index (κ3) is 5.07. The molecule has 0 aromatic heterocycles. The number of aliphatic carboxylic acids is 1. The highest BCUT2D eigenvalue weighted by Crippen LogP contribution is 2.17. The Labute approximate surface area is 101 Å². The van der Waals surface area contributed by atoms with Crippen LogP contribution in [0.4, 0.5) is 18.0 Å². The summed E-state index contributed by atoms with van der Waals surface area (Å²) in [5.74, 6) is -1.49. The SMILES string of the molecule is O=C(O)CN(CC(F)(F)F)C(=O)NC1CC=CC1. The Hall–Kier alpha value is -1.73. The van der Waals surface area contributed by atoms with Gasteiger partial charge in [0.2, 0.25) is 0 Å². The molecule has 2 N–H and O–H groups in total. The predicted molar refractivity (Wildman–Crippen MR) is 56.0 cm³/mol. The Balaban J connectivity index is 2.57. The van der Waals surface area contributed by atoms with E-state index in [1.807, 2.05) is 0 Å². The lowest BCUT2D eigenvalue weighted by molar-refractivity contribution is -0.149. The zero-order chi connectivity index (χ0) is 13.8. The van der Waals surface area contributed by atoms with Gasteiger partial charge in [0.15, 0.2) is 0 Å². The van der Waals surface area contributed by atoms with E-state index in [2.05, 4.69) is 5.32 Å². The van der Waals surface area contributed by atoms with E-state index in [1.54, 1.807) is 12.2 Å². The number of carbonyl (C=O) groups is 2. The zero-order valence-corrected chi connectivity index (χ0v) is 9.41. The molecule has 5 nitrogen and oxygen atoms in total. The van der Waals surface area contributed by atoms with Crippen LogP contribution < -0.4 is 5.32 Å². The first-order valence-electron chi connectivity index (χ1n) is 5.27. The van der Waals surface area contributed by atoms with Gasteiger partial charge < -0.3 is 15.3 Å². The third-order valence-corrected chi connectivity index (χ3v) is 2.32. The highest BCUT2D eigenvalue weighted by Gasteiger charge is 2.34. The minimum Gasteiger partial charge on any atom is -0.480 e. The molecule has 0 aromatic rings. The van der Waals surface area contributed by atoms with Crippen molar-refractivity contribution in [1.29, 1.82) is 0 Å². The predicted octanol–water partition coefficient (Wildman–Crippen LogP) is 1.36. The molecule has 0 radical (unpaired) electrons. The number of amides is 2. The Kier molecular flexibility index (Phi) is 4.57. The van der Waals surface area contributed by atoms with E-state index in [4.69, 9.17) is 5.11 Å². The average molecular weight is 266 g/mol. The molecule has 1 aliphatic carbocycles. The number of alkyl halides is 3. The van der Waals surface area contributed by atoms with Gasteiger partial charge in [0.1, 0.15) is 13.1 Å². The fourth-order valence-corrected chi connectivity index (χ4v) is 1.58. The van der Waals surface area contributed by atoms with Crippen molar-refractivity contribution in [3.63, 3.8) is 0 Å². The van der Waals surface area contributed by atoms with Crippen LogP contribution in [-0.2, 0) is 4.79 Å². The summed E-state index contributed by atoms with van der Waals surface area (Å²) in [6.45, 7) is -2.56. The van der Waals surface area contributed by atoms with E-state index >= 15 is 0 Å². The van der Waals surface area contributed by atoms with Crippen molar-refractivity contribution < 1.29 is 27.9 Å². The molecule has 2 amide bonds. The lowest BCUT2D eigenvalue weighted by atomic mass is 10.2. The normalized spacial score (nSPS) is 15.7. The first-order valence-corrected chi connectivity index (χ1v) is 5.27. The molecule has 102 valence electrons. The molecule has 0 saturated heterocycles. The summed E-state index contributed by atoms with van der Waals surface area (Å²) in [6, 6.07) is -1.27. The molecule has 0 aromatic carbocycles. The van der Waals surface area contributed by atoms with E-state index in [1.165, 1.54) is 0 Å². The number of urea groups is 1. The molecular formula is C10H13F3N2O3. The molecule has 1 rings (SSSR count). The number of nitrogens with one attached hydrogen (secondary N) is 1. The Morgan fingerprint density at radius 1 is 1.33 bits per heavy atom. The van der Waals surface area contributed by atoms with E-state index in [0.717, 1.165) is 0 Å². The van der Waals surface area contributed by atoms with E-state index in [-0.39, 0.29) is 10.9 Å². The fourth-order valence-electron chi connectivity index (χ4n) is 1.58. The van der Waals surface area contributed by atoms with Crippen LogP contribution in [0, 0.1) is 0 Å². The van der Waals surface area contributed by atoms with Crippen molar-refractivity contribution in [2.24, 2.45) is 0 Å². The maximum Gasteiger partial charge on any atom is 0.406 e. The van der Waals surface area contributed by atoms with E-state index in [0.29, 0.717) is 12.8 Å². The van der Waals surface area contributed by atoms with Crippen LogP contribution in [0.15, 0.2) is 12.2 Å². The lowest BCUT2D eigenvalue weighted by Gasteiger charge is -2.24. The van der Waals surface area contributed by atoms with E-state index in [9.17, 15) is 22.8 Å². The Morgan fingerprint density at radius 2 is 1.89 bits per heavy atom. The van der Waals surface area contributed by atoms with Crippen LogP contribution in [-0.4, -0.2) is 47.3 Å². The molecule has 0 aliphatic heterocycles. The van der Waals surface area contributed by atoms with Crippen molar-refractivity contribution in [3.8, 4) is 0 Å². The first kappa shape index (κ1) is 14.3. The standard InChI is InChI=1S/C10H13F3N2O3/c11-10(12,13)6-15(5-8(16)17)9(18)14-7-3-1-2-4-7/h1-2,7H,3-6H2,(H,14,18)(H,16,17). The topological polar surface area (TPSA) is 69.6 Å². The second kappa shape index (κ2) is 5.74. The summed E-state index contributed by atoms with van der Waals surface area (Å²) in [6.07, 6.45) is 0.0601. The molecule has 8 heteroatoms. The molecular weight excluding hydrogens is 253 g/mol. The van der Waals surface area contributed by atoms with Crippen LogP contribution in [0.25, 0.3) is 0 Å². The minimum atomic E-state index is -4.62. The molecule has 0 heterocycles. The molecule has 0 fully saturated rings. The van der Waals surface area contributed by atoms with Crippen LogP contribution >= 0.6 is 0 Å². The average Bonchev–Trinajstić information content (AvgIpc) is 2.66. The number of carboxylic acid groups (broad SMARTS) is 1. The smallest absolute Gasteiger partial charge is 0.406 e. The summed E-state index contributed by atoms with van der Waals surface area (Å²) in [5, 5.41) is 10.9. The monoisotopic (exact) mass is 266 g/mol. The summed E-state index contributed by atoms with van der Waals surface area (Å²) >= 11 is 0. The summed E-state index contributed by atoms with van der Waals surface area (Å²) in [7, 11) is 0. The van der Waals surface area contributed by atoms with Gasteiger partial charge in [-0.1, -0.05) is 12.2 Å². The van der Waals surface area contributed by atoms with Crippen molar-refractivity contribution in [1.82, 2.24) is 10.2 Å². The molecule has 0 unspecified atom stereocenters. The van der Waals surface area contributed by atoms with Crippen LogP contribution in [0.5, 0.6) is 0 Å². The highest BCUT2D eigenvalue weighted by atomic mass is 19.4. The van der Waals surface area contributed by atoms with Gasteiger partial charge >= 0.3 is 18.2 Å². The van der Waals surface area contributed by atoms with Gasteiger partial charge in [0, 0.05) is 6.04 Å². The number of halogens is 3. The van der Waals surface area contributed by atoms with Gasteiger partial charge in [-0.25, -0.2) is 4.79 Å². The van der Waals surface area contributed by atoms with Gasteiger partial charge in [0.05, 0.1) is 0 Å². The minimum absolute atomic E-state index is 0.237. The van der Waals surface area contributed by atoms with E-state index < -0.39 is 31.3 Å². The largest absolute Gasteiger partial charge is 0.480 e.